The van der Waals surface area contributed by atoms with E-state index in [9.17, 15) is 14.4 Å². The Morgan fingerprint density at radius 3 is 2.58 bits per heavy atom. The van der Waals surface area contributed by atoms with Crippen molar-refractivity contribution in [2.75, 3.05) is 18.0 Å². The van der Waals surface area contributed by atoms with Crippen molar-refractivity contribution in [3.8, 4) is 0 Å². The van der Waals surface area contributed by atoms with Crippen LogP contribution in [0.2, 0.25) is 0 Å². The monoisotopic (exact) mass is 459 g/mol. The molecule has 3 aromatic rings. The zero-order chi connectivity index (χ0) is 22.9. The summed E-state index contributed by atoms with van der Waals surface area (Å²) >= 11 is 1.42. The molecular weight excluding hydrogens is 434 g/mol. The van der Waals surface area contributed by atoms with E-state index < -0.39 is 23.3 Å². The van der Waals surface area contributed by atoms with Crippen LogP contribution < -0.4 is 10.6 Å². The highest BCUT2D eigenvalue weighted by atomic mass is 32.1. The Kier molecular flexibility index (Phi) is 4.43. The van der Waals surface area contributed by atoms with Gasteiger partial charge >= 0.3 is 0 Å². The number of carbonyl (C=O) groups excluding carboxylic acids is 3. The fraction of sp³-hybridized carbons (Fsp3) is 0.346. The third kappa shape index (κ3) is 2.95. The third-order valence-electron chi connectivity index (χ3n) is 7.57. The maximum absolute atomic E-state index is 14.1. The molecule has 3 amide bonds. The Labute approximate surface area is 196 Å². The van der Waals surface area contributed by atoms with Gasteiger partial charge in [-0.2, -0.15) is 0 Å². The van der Waals surface area contributed by atoms with Crippen LogP contribution in [0.25, 0.3) is 10.1 Å². The first-order valence-corrected chi connectivity index (χ1v) is 12.2. The molecule has 0 spiro atoms. The summed E-state index contributed by atoms with van der Waals surface area (Å²) in [5, 5.41) is 0.994. The molecule has 1 saturated heterocycles. The number of amides is 3. The smallest absolute Gasteiger partial charge is 0.264 e. The minimum Gasteiger partial charge on any atom is -0.369 e. The van der Waals surface area contributed by atoms with Gasteiger partial charge in [0.05, 0.1) is 10.8 Å². The summed E-state index contributed by atoms with van der Waals surface area (Å²) in [4.78, 5) is 44.6. The summed E-state index contributed by atoms with van der Waals surface area (Å²) in [7, 11) is 0. The maximum Gasteiger partial charge on any atom is 0.264 e. The lowest BCUT2D eigenvalue weighted by Crippen LogP contribution is -2.62. The molecule has 2 aromatic carbocycles. The van der Waals surface area contributed by atoms with Crippen LogP contribution in [-0.4, -0.2) is 41.2 Å². The van der Waals surface area contributed by atoms with E-state index in [0.717, 1.165) is 34.2 Å². The van der Waals surface area contributed by atoms with E-state index in [0.29, 0.717) is 17.3 Å². The standard InChI is InChI=1S/C26H25N3O3S/c1-26-22(17-7-3-4-8-19(17)28(25(26)32)13-15-10-11-15)18(23(27)30)14-29(26)24(31)21-12-16-6-2-5-9-20(16)33-21/h2-9,12,15,18,22H,10-11,13-14H2,1H3,(H2,27,30)/t18-,22+,26-/m0/s1. The summed E-state index contributed by atoms with van der Waals surface area (Å²) in [6.07, 6.45) is 2.22. The second kappa shape index (κ2) is 7.15. The van der Waals surface area contributed by atoms with Crippen molar-refractivity contribution in [2.45, 2.75) is 31.2 Å². The number of likely N-dealkylation sites (tertiary alicyclic amines) is 1. The molecule has 2 fully saturated rings. The predicted molar refractivity (Wildman–Crippen MR) is 128 cm³/mol. The summed E-state index contributed by atoms with van der Waals surface area (Å²) in [6, 6.07) is 17.5. The predicted octanol–water partition coefficient (Wildman–Crippen LogP) is 3.76. The molecule has 1 aliphatic carbocycles. The molecule has 1 aromatic heterocycles. The van der Waals surface area contributed by atoms with Gasteiger partial charge in [-0.1, -0.05) is 36.4 Å². The first kappa shape index (κ1) is 20.4. The van der Waals surface area contributed by atoms with Gasteiger partial charge in [0.25, 0.3) is 11.8 Å². The minimum absolute atomic E-state index is 0.115. The molecule has 6 rings (SSSR count). The molecule has 0 unspecified atom stereocenters. The van der Waals surface area contributed by atoms with Gasteiger partial charge in [-0.05, 0) is 54.8 Å². The van der Waals surface area contributed by atoms with Crippen molar-refractivity contribution >= 4 is 44.8 Å². The van der Waals surface area contributed by atoms with E-state index in [1.807, 2.05) is 66.4 Å². The molecule has 3 heterocycles. The molecule has 1 saturated carbocycles. The minimum atomic E-state index is -1.17. The normalized spacial score (nSPS) is 26.4. The average molecular weight is 460 g/mol. The van der Waals surface area contributed by atoms with Crippen LogP contribution in [0.4, 0.5) is 5.69 Å². The average Bonchev–Trinajstić information content (AvgIpc) is 3.42. The lowest BCUT2D eigenvalue weighted by Gasteiger charge is -2.46. The lowest BCUT2D eigenvalue weighted by atomic mass is 9.71. The topological polar surface area (TPSA) is 83.7 Å². The second-order valence-corrected chi connectivity index (χ2v) is 10.7. The Bertz CT molecular complexity index is 1280. The largest absolute Gasteiger partial charge is 0.369 e. The number of nitrogens with two attached hydrogens (primary N) is 1. The Hall–Kier alpha value is -3.19. The SMILES string of the molecule is C[C@@]12C(=O)N(CC3CC3)c3ccccc3[C@@H]1[C@@H](C(N)=O)CN2C(=O)c1cc2ccccc2s1. The van der Waals surface area contributed by atoms with Crippen LogP contribution in [0, 0.1) is 11.8 Å². The van der Waals surface area contributed by atoms with Gasteiger partial charge in [0, 0.05) is 29.4 Å². The summed E-state index contributed by atoms with van der Waals surface area (Å²) in [6.45, 7) is 2.61. The number of fused-ring (bicyclic) bond motifs is 4. The molecule has 0 bridgehead atoms. The zero-order valence-corrected chi connectivity index (χ0v) is 19.2. The van der Waals surface area contributed by atoms with Crippen LogP contribution in [-0.2, 0) is 9.59 Å². The molecule has 3 atom stereocenters. The van der Waals surface area contributed by atoms with Crippen molar-refractivity contribution in [1.29, 1.82) is 0 Å². The zero-order valence-electron chi connectivity index (χ0n) is 18.4. The number of anilines is 1. The fourth-order valence-corrected chi connectivity index (χ4v) is 6.72. The van der Waals surface area contributed by atoms with E-state index in [1.165, 1.54) is 11.3 Å². The molecule has 0 radical (unpaired) electrons. The van der Waals surface area contributed by atoms with Crippen LogP contribution in [0.15, 0.2) is 54.6 Å². The number of hydrogen-bond donors (Lipinski definition) is 1. The number of rotatable bonds is 4. The lowest BCUT2D eigenvalue weighted by molar-refractivity contribution is -0.128. The number of carbonyl (C=O) groups is 3. The highest BCUT2D eigenvalue weighted by Crippen LogP contribution is 2.54. The van der Waals surface area contributed by atoms with Gasteiger partial charge < -0.3 is 15.5 Å². The first-order chi connectivity index (χ1) is 15.9. The molecule has 2 aliphatic heterocycles. The molecule has 7 heteroatoms. The number of benzene rings is 2. The van der Waals surface area contributed by atoms with Crippen molar-refractivity contribution < 1.29 is 14.4 Å². The first-order valence-electron chi connectivity index (χ1n) is 11.4. The van der Waals surface area contributed by atoms with E-state index in [4.69, 9.17) is 5.73 Å². The van der Waals surface area contributed by atoms with Gasteiger partial charge in [0.15, 0.2) is 0 Å². The Balaban J connectivity index is 1.49. The van der Waals surface area contributed by atoms with Crippen LogP contribution in [0.1, 0.15) is 40.9 Å². The van der Waals surface area contributed by atoms with E-state index >= 15 is 0 Å². The van der Waals surface area contributed by atoms with Crippen LogP contribution >= 0.6 is 11.3 Å². The van der Waals surface area contributed by atoms with E-state index in [2.05, 4.69) is 0 Å². The highest BCUT2D eigenvalue weighted by molar-refractivity contribution is 7.20. The number of primary amides is 1. The number of nitrogens with zero attached hydrogens (tertiary/aromatic N) is 2. The van der Waals surface area contributed by atoms with Gasteiger partial charge in [0.2, 0.25) is 5.91 Å². The van der Waals surface area contributed by atoms with E-state index in [1.54, 1.807) is 4.90 Å². The van der Waals surface area contributed by atoms with Gasteiger partial charge in [-0.3, -0.25) is 14.4 Å². The number of thiophene rings is 1. The Morgan fingerprint density at radius 1 is 1.12 bits per heavy atom. The molecule has 168 valence electrons. The highest BCUT2D eigenvalue weighted by Gasteiger charge is 2.63. The maximum atomic E-state index is 14.1. The number of para-hydroxylation sites is 1. The van der Waals surface area contributed by atoms with E-state index in [-0.39, 0.29) is 18.4 Å². The van der Waals surface area contributed by atoms with Crippen molar-refractivity contribution in [3.05, 3.63) is 65.0 Å². The summed E-state index contributed by atoms with van der Waals surface area (Å²) < 4.78 is 1.02. The van der Waals surface area contributed by atoms with Crippen LogP contribution in [0.3, 0.4) is 0 Å². The van der Waals surface area contributed by atoms with Gasteiger partial charge in [-0.25, -0.2) is 0 Å². The second-order valence-electron chi connectivity index (χ2n) is 9.62. The molecule has 3 aliphatic rings. The molecular formula is C26H25N3O3S. The molecule has 33 heavy (non-hydrogen) atoms. The molecule has 6 nitrogen and oxygen atoms in total. The van der Waals surface area contributed by atoms with Crippen LogP contribution in [0.5, 0.6) is 0 Å². The quantitative estimate of drug-likeness (QED) is 0.645. The summed E-state index contributed by atoms with van der Waals surface area (Å²) in [5.41, 5.74) is 6.46. The van der Waals surface area contributed by atoms with Crippen molar-refractivity contribution in [3.63, 3.8) is 0 Å². The molecule has 2 N–H and O–H groups in total. The summed E-state index contributed by atoms with van der Waals surface area (Å²) in [5.74, 6) is -1.41. The number of hydrogen-bond acceptors (Lipinski definition) is 4. The third-order valence-corrected chi connectivity index (χ3v) is 8.68. The van der Waals surface area contributed by atoms with Gasteiger partial charge in [-0.15, -0.1) is 11.3 Å². The fourth-order valence-electron chi connectivity index (χ4n) is 5.71. The Morgan fingerprint density at radius 2 is 1.85 bits per heavy atom. The van der Waals surface area contributed by atoms with Crippen molar-refractivity contribution in [1.82, 2.24) is 4.90 Å². The van der Waals surface area contributed by atoms with Crippen molar-refractivity contribution in [2.24, 2.45) is 17.6 Å². The van der Waals surface area contributed by atoms with Gasteiger partial charge in [0.1, 0.15) is 5.54 Å².